The van der Waals surface area contributed by atoms with Crippen LogP contribution >= 0.6 is 35.0 Å². The van der Waals surface area contributed by atoms with Crippen molar-refractivity contribution in [2.45, 2.75) is 0 Å². The number of carbonyl (C=O) groups is 2. The van der Waals surface area contributed by atoms with Gasteiger partial charge in [-0.3, -0.25) is 9.69 Å². The lowest BCUT2D eigenvalue weighted by Crippen LogP contribution is -2.24. The fraction of sp³-hybridized carbons (Fsp3) is 0.136. The standard InChI is InChI=1S/C22H18Cl2N2O5S/c1-4-7-31-19-16(24)8-12(9-17(19)30-3)10-18-20(27)26(2)22(32-18)25-13-5-6-15(23)14(11-13)21(28)29/h4-6,8-11H,1,7H2,2-3H3,(H,28,29)/p-1/b18-10-,25-22?. The summed E-state index contributed by atoms with van der Waals surface area (Å²) in [4.78, 5) is 30.1. The summed E-state index contributed by atoms with van der Waals surface area (Å²) in [5, 5.41) is 11.9. The van der Waals surface area contributed by atoms with Crippen LogP contribution in [0.25, 0.3) is 6.08 Å². The van der Waals surface area contributed by atoms with E-state index in [4.69, 9.17) is 32.7 Å². The minimum absolute atomic E-state index is 0.0457. The summed E-state index contributed by atoms with van der Waals surface area (Å²) in [6.07, 6.45) is 3.25. The molecule has 10 heteroatoms. The molecule has 2 aromatic rings. The molecule has 1 aliphatic heterocycles. The van der Waals surface area contributed by atoms with Gasteiger partial charge in [0, 0.05) is 17.6 Å². The molecule has 1 saturated heterocycles. The second-order valence-corrected chi connectivity index (χ2v) is 8.28. The van der Waals surface area contributed by atoms with Crippen molar-refractivity contribution >= 4 is 63.8 Å². The molecule has 0 aliphatic carbocycles. The summed E-state index contributed by atoms with van der Waals surface area (Å²) >= 11 is 13.3. The Labute approximate surface area is 198 Å². The van der Waals surface area contributed by atoms with E-state index in [0.29, 0.717) is 37.8 Å². The summed E-state index contributed by atoms with van der Waals surface area (Å²) in [6.45, 7) is 3.87. The van der Waals surface area contributed by atoms with E-state index in [1.165, 1.54) is 24.1 Å². The molecule has 7 nitrogen and oxygen atoms in total. The Balaban J connectivity index is 1.93. The zero-order valence-electron chi connectivity index (χ0n) is 17.1. The lowest BCUT2D eigenvalue weighted by Gasteiger charge is -2.12. The molecule has 3 rings (SSSR count). The first-order chi connectivity index (χ1) is 15.2. The zero-order chi connectivity index (χ0) is 23.4. The molecule has 1 heterocycles. The third-order valence-electron chi connectivity index (χ3n) is 4.29. The number of carboxylic acid groups (broad SMARTS) is 1. The summed E-state index contributed by atoms with van der Waals surface area (Å²) in [5.74, 6) is -0.885. The highest BCUT2D eigenvalue weighted by Gasteiger charge is 2.30. The Morgan fingerprint density at radius 3 is 2.69 bits per heavy atom. The number of aliphatic imine (C=N–C) groups is 1. The van der Waals surface area contributed by atoms with E-state index in [1.54, 1.807) is 37.4 Å². The lowest BCUT2D eigenvalue weighted by atomic mass is 10.2. The number of nitrogens with zero attached hydrogens (tertiary/aromatic N) is 2. The van der Waals surface area contributed by atoms with Gasteiger partial charge in [-0.2, -0.15) is 0 Å². The molecular formula is C22H17Cl2N2O5S-. The van der Waals surface area contributed by atoms with Crippen LogP contribution in [-0.2, 0) is 4.79 Å². The number of likely N-dealkylation sites (N-methyl/N-ethyl adjacent to an activating group) is 1. The molecule has 1 amide bonds. The maximum atomic E-state index is 12.7. The lowest BCUT2D eigenvalue weighted by molar-refractivity contribution is -0.255. The number of hydrogen-bond acceptors (Lipinski definition) is 7. The van der Waals surface area contributed by atoms with Crippen molar-refractivity contribution in [3.8, 4) is 11.5 Å². The molecule has 0 aromatic heterocycles. The van der Waals surface area contributed by atoms with Gasteiger partial charge in [-0.15, -0.1) is 0 Å². The van der Waals surface area contributed by atoms with Crippen LogP contribution in [0.1, 0.15) is 15.9 Å². The van der Waals surface area contributed by atoms with E-state index in [-0.39, 0.29) is 23.1 Å². The number of carbonyl (C=O) groups excluding carboxylic acids is 2. The molecule has 0 saturated carbocycles. The summed E-state index contributed by atoms with van der Waals surface area (Å²) < 4.78 is 10.9. The number of benzene rings is 2. The van der Waals surface area contributed by atoms with Crippen LogP contribution in [0.3, 0.4) is 0 Å². The van der Waals surface area contributed by atoms with Crippen molar-refractivity contribution in [1.29, 1.82) is 0 Å². The first-order valence-electron chi connectivity index (χ1n) is 9.13. The minimum atomic E-state index is -1.41. The van der Waals surface area contributed by atoms with Crippen LogP contribution < -0.4 is 14.6 Å². The van der Waals surface area contributed by atoms with Crippen LogP contribution in [0.15, 0.2) is 52.9 Å². The van der Waals surface area contributed by atoms with E-state index >= 15 is 0 Å². The topological polar surface area (TPSA) is 91.3 Å². The fourth-order valence-corrected chi connectivity index (χ4v) is 4.21. The molecule has 0 spiro atoms. The number of amides is 1. The van der Waals surface area contributed by atoms with Gasteiger partial charge in [-0.1, -0.05) is 35.9 Å². The molecule has 2 aromatic carbocycles. The first-order valence-corrected chi connectivity index (χ1v) is 10.7. The maximum Gasteiger partial charge on any atom is 0.266 e. The number of rotatable bonds is 7. The quantitative estimate of drug-likeness (QED) is 0.426. The van der Waals surface area contributed by atoms with E-state index in [0.717, 1.165) is 11.8 Å². The Kier molecular flexibility index (Phi) is 7.50. The Hall–Kier alpha value is -2.94. The number of ether oxygens (including phenoxy) is 2. The predicted octanol–water partition coefficient (Wildman–Crippen LogP) is 4.16. The molecule has 32 heavy (non-hydrogen) atoms. The van der Waals surface area contributed by atoms with Crippen molar-refractivity contribution in [3.05, 3.63) is 69.1 Å². The Morgan fingerprint density at radius 2 is 2.03 bits per heavy atom. The first kappa shape index (κ1) is 23.7. The van der Waals surface area contributed by atoms with E-state index in [2.05, 4.69) is 11.6 Å². The summed E-state index contributed by atoms with van der Waals surface area (Å²) in [6, 6.07) is 7.61. The molecule has 0 N–H and O–H groups in total. The number of halogens is 2. The van der Waals surface area contributed by atoms with Gasteiger partial charge >= 0.3 is 0 Å². The fourth-order valence-electron chi connectivity index (χ4n) is 2.76. The second-order valence-electron chi connectivity index (χ2n) is 6.45. The van der Waals surface area contributed by atoms with E-state index < -0.39 is 5.97 Å². The van der Waals surface area contributed by atoms with Gasteiger partial charge in [0.15, 0.2) is 16.7 Å². The highest BCUT2D eigenvalue weighted by Crippen LogP contribution is 2.39. The zero-order valence-corrected chi connectivity index (χ0v) is 19.4. The van der Waals surface area contributed by atoms with Gasteiger partial charge < -0.3 is 19.4 Å². The van der Waals surface area contributed by atoms with Crippen molar-refractivity contribution in [2.24, 2.45) is 4.99 Å². The van der Waals surface area contributed by atoms with Gasteiger partial charge in [0.05, 0.1) is 28.7 Å². The number of amidine groups is 1. The van der Waals surface area contributed by atoms with Crippen molar-refractivity contribution in [1.82, 2.24) is 4.90 Å². The Bertz CT molecular complexity index is 1160. The molecule has 0 radical (unpaired) electrons. The SMILES string of the molecule is C=CCOc1c(Cl)cc(/C=C2\SC(=Nc3ccc(Cl)c(C(=O)[O-])c3)N(C)C2=O)cc1OC. The van der Waals surface area contributed by atoms with E-state index in [1.807, 2.05) is 0 Å². The highest BCUT2D eigenvalue weighted by atomic mass is 35.5. The monoisotopic (exact) mass is 491 g/mol. The number of hydrogen-bond donors (Lipinski definition) is 0. The minimum Gasteiger partial charge on any atom is -0.545 e. The molecule has 1 aliphatic rings. The number of carboxylic acids is 1. The summed E-state index contributed by atoms with van der Waals surface area (Å²) in [5.41, 5.74) is 0.779. The average Bonchev–Trinajstić information content (AvgIpc) is 3.01. The van der Waals surface area contributed by atoms with Crippen LogP contribution in [0.5, 0.6) is 11.5 Å². The Morgan fingerprint density at radius 1 is 1.28 bits per heavy atom. The molecule has 0 unspecified atom stereocenters. The highest BCUT2D eigenvalue weighted by molar-refractivity contribution is 8.18. The molecular weight excluding hydrogens is 475 g/mol. The van der Waals surface area contributed by atoms with Gasteiger partial charge in [0.2, 0.25) is 0 Å². The normalized spacial score (nSPS) is 16.0. The van der Waals surface area contributed by atoms with Crippen LogP contribution in [0.4, 0.5) is 5.69 Å². The predicted molar refractivity (Wildman–Crippen MR) is 125 cm³/mol. The largest absolute Gasteiger partial charge is 0.545 e. The van der Waals surface area contributed by atoms with Crippen molar-refractivity contribution in [2.75, 3.05) is 20.8 Å². The van der Waals surface area contributed by atoms with Gasteiger partial charge in [-0.25, -0.2) is 4.99 Å². The molecule has 1 fully saturated rings. The van der Waals surface area contributed by atoms with Crippen LogP contribution in [-0.4, -0.2) is 42.7 Å². The van der Waals surface area contributed by atoms with Crippen molar-refractivity contribution in [3.63, 3.8) is 0 Å². The van der Waals surface area contributed by atoms with Crippen LogP contribution in [0.2, 0.25) is 10.0 Å². The third-order valence-corrected chi connectivity index (χ3v) is 5.96. The second kappa shape index (κ2) is 10.1. The average molecular weight is 492 g/mol. The molecule has 166 valence electrons. The number of aromatic carboxylic acids is 1. The van der Waals surface area contributed by atoms with Gasteiger partial charge in [0.25, 0.3) is 5.91 Å². The van der Waals surface area contributed by atoms with Gasteiger partial charge in [-0.05, 0) is 53.7 Å². The van der Waals surface area contributed by atoms with E-state index in [9.17, 15) is 14.7 Å². The maximum absolute atomic E-state index is 12.7. The smallest absolute Gasteiger partial charge is 0.266 e. The van der Waals surface area contributed by atoms with Crippen LogP contribution in [0, 0.1) is 0 Å². The van der Waals surface area contributed by atoms with Crippen molar-refractivity contribution < 1.29 is 24.2 Å². The summed E-state index contributed by atoms with van der Waals surface area (Å²) in [7, 11) is 3.06. The molecule has 0 bridgehead atoms. The number of thioether (sulfide) groups is 1. The van der Waals surface area contributed by atoms with Gasteiger partial charge in [0.1, 0.15) is 6.61 Å². The number of methoxy groups -OCH3 is 1. The third kappa shape index (κ3) is 5.09. The molecule has 0 atom stereocenters.